The number of hydrogen-bond donors (Lipinski definition) is 1. The number of benzene rings is 2. The van der Waals surface area contributed by atoms with Crippen LogP contribution in [0.2, 0.25) is 0 Å². The molecule has 2 aromatic carbocycles. The SMILES string of the molecule is CCC[C@@H](C)NC(=O)c1ccc(OCC)c(COc2cc(C)cc(C)c2C)c1. The summed E-state index contributed by atoms with van der Waals surface area (Å²) in [6, 6.07) is 9.89. The van der Waals surface area contributed by atoms with Crippen molar-refractivity contribution in [2.75, 3.05) is 6.61 Å². The van der Waals surface area contributed by atoms with Crippen molar-refractivity contribution in [1.82, 2.24) is 5.32 Å². The van der Waals surface area contributed by atoms with E-state index in [-0.39, 0.29) is 11.9 Å². The molecule has 0 saturated heterocycles. The Labute approximate surface area is 169 Å². The van der Waals surface area contributed by atoms with Gasteiger partial charge in [-0.15, -0.1) is 0 Å². The summed E-state index contributed by atoms with van der Waals surface area (Å²) < 4.78 is 11.9. The molecule has 0 saturated carbocycles. The first-order valence-electron chi connectivity index (χ1n) is 10.1. The third-order valence-electron chi connectivity index (χ3n) is 4.87. The monoisotopic (exact) mass is 383 g/mol. The van der Waals surface area contributed by atoms with Crippen LogP contribution in [0.25, 0.3) is 0 Å². The number of aryl methyl sites for hydroxylation is 2. The van der Waals surface area contributed by atoms with Crippen LogP contribution < -0.4 is 14.8 Å². The molecule has 0 aliphatic heterocycles. The number of hydrogen-bond acceptors (Lipinski definition) is 3. The van der Waals surface area contributed by atoms with Crippen molar-refractivity contribution in [3.63, 3.8) is 0 Å². The van der Waals surface area contributed by atoms with Crippen LogP contribution in [-0.4, -0.2) is 18.6 Å². The van der Waals surface area contributed by atoms with Crippen molar-refractivity contribution in [2.24, 2.45) is 0 Å². The van der Waals surface area contributed by atoms with E-state index in [2.05, 4.69) is 39.1 Å². The van der Waals surface area contributed by atoms with E-state index in [0.29, 0.717) is 18.8 Å². The highest BCUT2D eigenvalue weighted by molar-refractivity contribution is 5.94. The van der Waals surface area contributed by atoms with Crippen LogP contribution in [0.3, 0.4) is 0 Å². The van der Waals surface area contributed by atoms with Crippen LogP contribution in [0.1, 0.15) is 66.2 Å². The minimum absolute atomic E-state index is 0.0622. The van der Waals surface area contributed by atoms with Gasteiger partial charge in [0.15, 0.2) is 0 Å². The van der Waals surface area contributed by atoms with Crippen molar-refractivity contribution in [3.8, 4) is 11.5 Å². The van der Waals surface area contributed by atoms with Gasteiger partial charge in [0.2, 0.25) is 0 Å². The highest BCUT2D eigenvalue weighted by Gasteiger charge is 2.14. The highest BCUT2D eigenvalue weighted by Crippen LogP contribution is 2.27. The molecular weight excluding hydrogens is 350 g/mol. The van der Waals surface area contributed by atoms with E-state index in [1.54, 1.807) is 0 Å². The Balaban J connectivity index is 2.22. The fourth-order valence-corrected chi connectivity index (χ4v) is 3.25. The van der Waals surface area contributed by atoms with E-state index < -0.39 is 0 Å². The molecule has 4 nitrogen and oxygen atoms in total. The third kappa shape index (κ3) is 5.75. The molecule has 2 aromatic rings. The first-order chi connectivity index (χ1) is 13.3. The van der Waals surface area contributed by atoms with Gasteiger partial charge in [-0.3, -0.25) is 4.79 Å². The molecule has 0 spiro atoms. The Morgan fingerprint density at radius 2 is 1.79 bits per heavy atom. The van der Waals surface area contributed by atoms with E-state index >= 15 is 0 Å². The van der Waals surface area contributed by atoms with Gasteiger partial charge in [-0.2, -0.15) is 0 Å². The van der Waals surface area contributed by atoms with E-state index in [0.717, 1.165) is 35.5 Å². The first-order valence-corrected chi connectivity index (χ1v) is 10.1. The number of amides is 1. The van der Waals surface area contributed by atoms with E-state index in [4.69, 9.17) is 9.47 Å². The summed E-state index contributed by atoms with van der Waals surface area (Å²) in [5, 5.41) is 3.05. The molecule has 1 N–H and O–H groups in total. The van der Waals surface area contributed by atoms with Crippen LogP contribution in [0, 0.1) is 20.8 Å². The third-order valence-corrected chi connectivity index (χ3v) is 4.87. The summed E-state index contributed by atoms with van der Waals surface area (Å²) in [5.74, 6) is 1.56. The topological polar surface area (TPSA) is 47.6 Å². The number of ether oxygens (including phenoxy) is 2. The van der Waals surface area contributed by atoms with Crippen molar-refractivity contribution in [3.05, 3.63) is 58.1 Å². The second kappa shape index (κ2) is 10.2. The standard InChI is InChI=1S/C24H33NO3/c1-7-9-18(5)25-24(26)20-10-11-22(27-8-2)21(14-20)15-28-23-13-16(3)12-17(4)19(23)6/h10-14,18H,7-9,15H2,1-6H3,(H,25,26)/t18-/m1/s1. The lowest BCUT2D eigenvalue weighted by molar-refractivity contribution is 0.0938. The number of nitrogens with one attached hydrogen (secondary N) is 1. The number of rotatable bonds is 9. The predicted molar refractivity (Wildman–Crippen MR) is 114 cm³/mol. The normalized spacial score (nSPS) is 11.8. The van der Waals surface area contributed by atoms with Crippen molar-refractivity contribution >= 4 is 5.91 Å². The molecule has 1 amide bonds. The van der Waals surface area contributed by atoms with Gasteiger partial charge in [-0.1, -0.05) is 19.4 Å². The van der Waals surface area contributed by atoms with E-state index in [1.807, 2.05) is 38.1 Å². The average Bonchev–Trinajstić information content (AvgIpc) is 2.64. The maximum absolute atomic E-state index is 12.6. The van der Waals surface area contributed by atoms with Gasteiger partial charge in [0.05, 0.1) is 6.61 Å². The summed E-state index contributed by atoms with van der Waals surface area (Å²) in [4.78, 5) is 12.6. The van der Waals surface area contributed by atoms with Gasteiger partial charge in [-0.05, 0) is 82.0 Å². The maximum Gasteiger partial charge on any atom is 0.251 e. The molecule has 0 fully saturated rings. The second-order valence-electron chi connectivity index (χ2n) is 7.41. The summed E-state index contributed by atoms with van der Waals surface area (Å²) in [7, 11) is 0. The predicted octanol–water partition coefficient (Wildman–Crippen LogP) is 5.51. The largest absolute Gasteiger partial charge is 0.493 e. The zero-order valence-electron chi connectivity index (χ0n) is 18.0. The van der Waals surface area contributed by atoms with Gasteiger partial charge < -0.3 is 14.8 Å². The quantitative estimate of drug-likeness (QED) is 0.621. The molecular formula is C24H33NO3. The molecule has 0 radical (unpaired) electrons. The highest BCUT2D eigenvalue weighted by atomic mass is 16.5. The first kappa shape index (κ1) is 21.8. The zero-order valence-corrected chi connectivity index (χ0v) is 18.0. The fraction of sp³-hybridized carbons (Fsp3) is 0.458. The van der Waals surface area contributed by atoms with Crippen LogP contribution in [0.4, 0.5) is 0 Å². The summed E-state index contributed by atoms with van der Waals surface area (Å²) in [5.41, 5.74) is 5.00. The van der Waals surface area contributed by atoms with Crippen LogP contribution in [0.5, 0.6) is 11.5 Å². The van der Waals surface area contributed by atoms with Gasteiger partial charge in [0.25, 0.3) is 5.91 Å². The van der Waals surface area contributed by atoms with Crippen LogP contribution in [-0.2, 0) is 6.61 Å². The van der Waals surface area contributed by atoms with E-state index in [1.165, 1.54) is 11.1 Å². The van der Waals surface area contributed by atoms with Gasteiger partial charge >= 0.3 is 0 Å². The van der Waals surface area contributed by atoms with Crippen molar-refractivity contribution < 1.29 is 14.3 Å². The lowest BCUT2D eigenvalue weighted by Crippen LogP contribution is -2.32. The molecule has 28 heavy (non-hydrogen) atoms. The lowest BCUT2D eigenvalue weighted by atomic mass is 10.1. The molecule has 0 aliphatic rings. The summed E-state index contributed by atoms with van der Waals surface area (Å²) in [6.45, 7) is 13.2. The molecule has 0 aromatic heterocycles. The van der Waals surface area contributed by atoms with Gasteiger partial charge in [0, 0.05) is 17.2 Å². The van der Waals surface area contributed by atoms with Gasteiger partial charge in [0.1, 0.15) is 18.1 Å². The second-order valence-corrected chi connectivity index (χ2v) is 7.41. The molecule has 0 aliphatic carbocycles. The zero-order chi connectivity index (χ0) is 20.7. The molecule has 4 heteroatoms. The van der Waals surface area contributed by atoms with Gasteiger partial charge in [-0.25, -0.2) is 0 Å². The fourth-order valence-electron chi connectivity index (χ4n) is 3.25. The minimum atomic E-state index is -0.0622. The summed E-state index contributed by atoms with van der Waals surface area (Å²) in [6.07, 6.45) is 2.00. The van der Waals surface area contributed by atoms with Crippen molar-refractivity contribution in [2.45, 2.75) is 67.0 Å². The molecule has 0 unspecified atom stereocenters. The molecule has 1 atom stereocenters. The number of carbonyl (C=O) groups is 1. The minimum Gasteiger partial charge on any atom is -0.493 e. The molecule has 0 heterocycles. The lowest BCUT2D eigenvalue weighted by Gasteiger charge is -2.17. The Hall–Kier alpha value is -2.49. The Morgan fingerprint density at radius 3 is 2.46 bits per heavy atom. The Morgan fingerprint density at radius 1 is 1.04 bits per heavy atom. The Bertz CT molecular complexity index is 814. The molecule has 152 valence electrons. The van der Waals surface area contributed by atoms with Crippen molar-refractivity contribution in [1.29, 1.82) is 0 Å². The Kier molecular flexibility index (Phi) is 7.91. The smallest absolute Gasteiger partial charge is 0.251 e. The molecule has 2 rings (SSSR count). The van der Waals surface area contributed by atoms with Crippen LogP contribution in [0.15, 0.2) is 30.3 Å². The average molecular weight is 384 g/mol. The van der Waals surface area contributed by atoms with E-state index in [9.17, 15) is 4.79 Å². The summed E-state index contributed by atoms with van der Waals surface area (Å²) >= 11 is 0. The maximum atomic E-state index is 12.6. The number of carbonyl (C=O) groups excluding carboxylic acids is 1. The van der Waals surface area contributed by atoms with Crippen LogP contribution >= 0.6 is 0 Å². The molecule has 0 bridgehead atoms.